The SMILES string of the molecule is COC(=O)c1ccc(CCl)c(C#N)c1C(F)F. The molecule has 17 heavy (non-hydrogen) atoms. The largest absolute Gasteiger partial charge is 0.465 e. The number of esters is 1. The van der Waals surface area contributed by atoms with Crippen LogP contribution in [0.3, 0.4) is 0 Å². The maximum Gasteiger partial charge on any atom is 0.338 e. The third-order valence-corrected chi connectivity index (χ3v) is 2.50. The first-order chi connectivity index (χ1) is 8.06. The molecule has 0 amide bonds. The summed E-state index contributed by atoms with van der Waals surface area (Å²) in [6, 6.07) is 4.19. The summed E-state index contributed by atoms with van der Waals surface area (Å²) in [6.45, 7) is 0. The van der Waals surface area contributed by atoms with Gasteiger partial charge < -0.3 is 4.74 Å². The summed E-state index contributed by atoms with van der Waals surface area (Å²) in [7, 11) is 1.08. The van der Waals surface area contributed by atoms with Crippen LogP contribution in [-0.2, 0) is 10.6 Å². The molecule has 0 aromatic heterocycles. The third-order valence-electron chi connectivity index (χ3n) is 2.21. The summed E-state index contributed by atoms with van der Waals surface area (Å²) < 4.78 is 30.2. The number of nitriles is 1. The lowest BCUT2D eigenvalue weighted by Gasteiger charge is -2.11. The molecule has 3 nitrogen and oxygen atoms in total. The van der Waals surface area contributed by atoms with Crippen LogP contribution in [0.2, 0.25) is 0 Å². The van der Waals surface area contributed by atoms with Crippen molar-refractivity contribution in [3.05, 3.63) is 34.4 Å². The number of hydrogen-bond acceptors (Lipinski definition) is 3. The molecule has 0 N–H and O–H groups in total. The minimum atomic E-state index is -2.94. The lowest BCUT2D eigenvalue weighted by atomic mass is 9.97. The fourth-order valence-electron chi connectivity index (χ4n) is 1.42. The van der Waals surface area contributed by atoms with E-state index in [4.69, 9.17) is 16.9 Å². The van der Waals surface area contributed by atoms with Crippen molar-refractivity contribution in [2.45, 2.75) is 12.3 Å². The van der Waals surface area contributed by atoms with Gasteiger partial charge in [0, 0.05) is 5.88 Å². The molecule has 6 heteroatoms. The number of carbonyl (C=O) groups is 1. The summed E-state index contributed by atoms with van der Waals surface area (Å²) in [5, 5.41) is 8.86. The van der Waals surface area contributed by atoms with Gasteiger partial charge >= 0.3 is 5.97 Å². The van der Waals surface area contributed by atoms with Crippen molar-refractivity contribution in [2.24, 2.45) is 0 Å². The van der Waals surface area contributed by atoms with Gasteiger partial charge in [0.05, 0.1) is 29.9 Å². The first-order valence-corrected chi connectivity index (χ1v) is 5.08. The highest BCUT2D eigenvalue weighted by atomic mass is 35.5. The van der Waals surface area contributed by atoms with Gasteiger partial charge in [-0.05, 0) is 11.6 Å². The van der Waals surface area contributed by atoms with Gasteiger partial charge in [0.2, 0.25) is 0 Å². The van der Waals surface area contributed by atoms with E-state index in [1.54, 1.807) is 6.07 Å². The summed E-state index contributed by atoms with van der Waals surface area (Å²) in [5.74, 6) is -0.984. The smallest absolute Gasteiger partial charge is 0.338 e. The van der Waals surface area contributed by atoms with Gasteiger partial charge in [-0.25, -0.2) is 13.6 Å². The molecule has 0 heterocycles. The predicted molar refractivity (Wildman–Crippen MR) is 57.0 cm³/mol. The van der Waals surface area contributed by atoms with Crippen LogP contribution in [0.5, 0.6) is 0 Å². The fraction of sp³-hybridized carbons (Fsp3) is 0.273. The van der Waals surface area contributed by atoms with E-state index in [2.05, 4.69) is 4.74 Å². The highest BCUT2D eigenvalue weighted by Crippen LogP contribution is 2.30. The Morgan fingerprint density at radius 2 is 2.24 bits per heavy atom. The number of ether oxygens (including phenoxy) is 1. The molecule has 90 valence electrons. The van der Waals surface area contributed by atoms with Gasteiger partial charge in [0.15, 0.2) is 0 Å². The first-order valence-electron chi connectivity index (χ1n) is 4.55. The summed E-state index contributed by atoms with van der Waals surface area (Å²) >= 11 is 5.54. The minimum Gasteiger partial charge on any atom is -0.465 e. The van der Waals surface area contributed by atoms with Crippen molar-refractivity contribution in [3.63, 3.8) is 0 Å². The number of alkyl halides is 3. The zero-order valence-electron chi connectivity index (χ0n) is 8.84. The normalized spacial score (nSPS) is 10.1. The van der Waals surface area contributed by atoms with E-state index in [9.17, 15) is 13.6 Å². The molecule has 0 radical (unpaired) electrons. The predicted octanol–water partition coefficient (Wildman–Crippen LogP) is 3.02. The highest BCUT2D eigenvalue weighted by molar-refractivity contribution is 6.17. The zero-order chi connectivity index (χ0) is 13.0. The van der Waals surface area contributed by atoms with E-state index in [1.807, 2.05) is 0 Å². The zero-order valence-corrected chi connectivity index (χ0v) is 9.59. The highest BCUT2D eigenvalue weighted by Gasteiger charge is 2.24. The second kappa shape index (κ2) is 5.60. The molecule has 0 fully saturated rings. The maximum absolute atomic E-state index is 12.9. The van der Waals surface area contributed by atoms with E-state index in [0.717, 1.165) is 7.11 Å². The topological polar surface area (TPSA) is 50.1 Å². The van der Waals surface area contributed by atoms with Gasteiger partial charge in [-0.3, -0.25) is 0 Å². The Morgan fingerprint density at radius 3 is 2.65 bits per heavy atom. The van der Waals surface area contributed by atoms with Crippen LogP contribution in [0.25, 0.3) is 0 Å². The van der Waals surface area contributed by atoms with E-state index >= 15 is 0 Å². The van der Waals surface area contributed by atoms with Crippen molar-refractivity contribution in [1.29, 1.82) is 5.26 Å². The van der Waals surface area contributed by atoms with Crippen molar-refractivity contribution in [2.75, 3.05) is 7.11 Å². The number of halogens is 3. The Bertz CT molecular complexity index is 483. The van der Waals surface area contributed by atoms with Crippen LogP contribution >= 0.6 is 11.6 Å². The number of nitrogens with zero attached hydrogens (tertiary/aromatic N) is 1. The standard InChI is InChI=1S/C11H8ClF2NO2/c1-17-11(16)7-3-2-6(4-12)8(5-15)9(7)10(13)14/h2-3,10H,4H2,1H3. The second-order valence-corrected chi connectivity index (χ2v) is 3.37. The van der Waals surface area contributed by atoms with E-state index in [0.29, 0.717) is 0 Å². The fourth-order valence-corrected chi connectivity index (χ4v) is 1.65. The van der Waals surface area contributed by atoms with E-state index in [1.165, 1.54) is 12.1 Å². The van der Waals surface area contributed by atoms with Gasteiger partial charge in [-0.1, -0.05) is 6.07 Å². The molecule has 0 saturated carbocycles. The Labute approximate surface area is 102 Å². The Kier molecular flexibility index (Phi) is 4.41. The molecule has 0 saturated heterocycles. The van der Waals surface area contributed by atoms with Crippen molar-refractivity contribution in [3.8, 4) is 6.07 Å². The Morgan fingerprint density at radius 1 is 1.59 bits per heavy atom. The van der Waals surface area contributed by atoms with Crippen LogP contribution in [0.15, 0.2) is 12.1 Å². The molecule has 0 unspecified atom stereocenters. The monoisotopic (exact) mass is 259 g/mol. The average Bonchev–Trinajstić information content (AvgIpc) is 2.35. The molecule has 0 aliphatic carbocycles. The van der Waals surface area contributed by atoms with Gasteiger partial charge in [0.25, 0.3) is 6.43 Å². The maximum atomic E-state index is 12.9. The molecule has 1 rings (SSSR count). The number of methoxy groups -OCH3 is 1. The number of rotatable bonds is 3. The van der Waals surface area contributed by atoms with Crippen molar-refractivity contribution >= 4 is 17.6 Å². The average molecular weight is 260 g/mol. The summed E-state index contributed by atoms with van der Waals surface area (Å²) in [5.41, 5.74) is -0.944. The molecule has 0 aliphatic heterocycles. The third kappa shape index (κ3) is 2.53. The molecule has 0 spiro atoms. The van der Waals surface area contributed by atoms with Crippen LogP contribution in [0, 0.1) is 11.3 Å². The van der Waals surface area contributed by atoms with Gasteiger partial charge in [-0.2, -0.15) is 5.26 Å². The van der Waals surface area contributed by atoms with Crippen molar-refractivity contribution in [1.82, 2.24) is 0 Å². The van der Waals surface area contributed by atoms with Crippen molar-refractivity contribution < 1.29 is 18.3 Å². The Balaban J connectivity index is 3.55. The van der Waals surface area contributed by atoms with Crippen LogP contribution in [-0.4, -0.2) is 13.1 Å². The molecule has 1 aromatic carbocycles. The van der Waals surface area contributed by atoms with Gasteiger partial charge in [0.1, 0.15) is 0 Å². The minimum absolute atomic E-state index is 0.0793. The quantitative estimate of drug-likeness (QED) is 0.619. The first kappa shape index (κ1) is 13.4. The molecule has 1 aromatic rings. The van der Waals surface area contributed by atoms with E-state index in [-0.39, 0.29) is 22.6 Å². The van der Waals surface area contributed by atoms with E-state index < -0.39 is 18.0 Å². The van der Waals surface area contributed by atoms with Gasteiger partial charge in [-0.15, -0.1) is 11.6 Å². The molecule has 0 aliphatic rings. The number of benzene rings is 1. The lowest BCUT2D eigenvalue weighted by Crippen LogP contribution is -2.09. The molecule has 0 bridgehead atoms. The second-order valence-electron chi connectivity index (χ2n) is 3.10. The molecular formula is C11H8ClF2NO2. The summed E-state index contributed by atoms with van der Waals surface area (Å²) in [6.07, 6.45) is -2.94. The van der Waals surface area contributed by atoms with Crippen LogP contribution in [0.1, 0.15) is 33.5 Å². The molecular weight excluding hydrogens is 252 g/mol. The van der Waals surface area contributed by atoms with Crippen LogP contribution < -0.4 is 0 Å². The summed E-state index contributed by atoms with van der Waals surface area (Å²) in [4.78, 5) is 11.3. The lowest BCUT2D eigenvalue weighted by molar-refractivity contribution is 0.0589. The Hall–Kier alpha value is -1.67. The number of hydrogen-bond donors (Lipinski definition) is 0. The molecule has 0 atom stereocenters. The number of carbonyl (C=O) groups excluding carboxylic acids is 1. The van der Waals surface area contributed by atoms with Crippen LogP contribution in [0.4, 0.5) is 8.78 Å².